The van der Waals surface area contributed by atoms with Crippen molar-refractivity contribution < 1.29 is 22.7 Å². The van der Waals surface area contributed by atoms with Crippen LogP contribution in [0.3, 0.4) is 0 Å². The number of rotatable bonds is 3. The van der Waals surface area contributed by atoms with Crippen LogP contribution >= 0.6 is 0 Å². The lowest BCUT2D eigenvalue weighted by Gasteiger charge is -2.18. The molecule has 4 nitrogen and oxygen atoms in total. The molecule has 23 heavy (non-hydrogen) atoms. The van der Waals surface area contributed by atoms with Crippen LogP contribution in [0.25, 0.3) is 11.1 Å². The number of halogens is 3. The van der Waals surface area contributed by atoms with Crippen LogP contribution in [0.15, 0.2) is 30.5 Å². The summed E-state index contributed by atoms with van der Waals surface area (Å²) in [5.41, 5.74) is 4.60. The summed E-state index contributed by atoms with van der Waals surface area (Å²) in [4.78, 5) is 15.7. The number of hydrogen-bond donors (Lipinski definition) is 1. The number of carbonyl (C=O) groups excluding carboxylic acids is 1. The number of hydrogen-bond acceptors (Lipinski definition) is 4. The van der Waals surface area contributed by atoms with Crippen LogP contribution in [0.5, 0.6) is 0 Å². The van der Waals surface area contributed by atoms with E-state index in [1.165, 1.54) is 19.1 Å². The number of carbonyl (C=O) groups is 1. The van der Waals surface area contributed by atoms with E-state index in [2.05, 4.69) is 4.98 Å². The highest BCUT2D eigenvalue weighted by atomic mass is 19.4. The molecule has 1 aromatic heterocycles. The molecular weight excluding hydrogens is 309 g/mol. The molecule has 2 aromatic rings. The summed E-state index contributed by atoms with van der Waals surface area (Å²) in [5, 5.41) is 0. The van der Waals surface area contributed by atoms with E-state index < -0.39 is 29.1 Å². The standard InChI is InChI=1S/C16H15F3N2O2/c1-3-23-15(22)12-13(16(17,18)19)11(8-21-14(12)20)10-6-4-9(2)5-7-10/h4-8H,3H2,1-2H3,(H2,20,21). The molecule has 2 rings (SSSR count). The van der Waals surface area contributed by atoms with E-state index in [1.807, 2.05) is 6.92 Å². The van der Waals surface area contributed by atoms with Crippen LogP contribution in [-0.2, 0) is 10.9 Å². The highest BCUT2D eigenvalue weighted by Gasteiger charge is 2.40. The van der Waals surface area contributed by atoms with Gasteiger partial charge >= 0.3 is 12.1 Å². The maximum atomic E-state index is 13.6. The van der Waals surface area contributed by atoms with E-state index in [9.17, 15) is 18.0 Å². The number of nitrogens with two attached hydrogens (primary N) is 1. The molecule has 0 unspecified atom stereocenters. The highest BCUT2D eigenvalue weighted by molar-refractivity contribution is 5.98. The van der Waals surface area contributed by atoms with Gasteiger partial charge in [0.1, 0.15) is 11.4 Å². The molecule has 0 aliphatic heterocycles. The molecular formula is C16H15F3N2O2. The Labute approximate surface area is 131 Å². The number of aryl methyl sites for hydroxylation is 1. The van der Waals surface area contributed by atoms with Gasteiger partial charge in [-0.2, -0.15) is 13.2 Å². The largest absolute Gasteiger partial charge is 0.462 e. The fraction of sp³-hybridized carbons (Fsp3) is 0.250. The van der Waals surface area contributed by atoms with Crippen LogP contribution in [-0.4, -0.2) is 17.6 Å². The normalized spacial score (nSPS) is 11.3. The minimum absolute atomic E-state index is 0.0651. The van der Waals surface area contributed by atoms with Crippen molar-refractivity contribution in [2.75, 3.05) is 12.3 Å². The van der Waals surface area contributed by atoms with Crippen molar-refractivity contribution in [2.24, 2.45) is 0 Å². The van der Waals surface area contributed by atoms with Gasteiger partial charge in [0.25, 0.3) is 0 Å². The van der Waals surface area contributed by atoms with E-state index in [0.29, 0.717) is 5.56 Å². The second kappa shape index (κ2) is 6.28. The highest BCUT2D eigenvalue weighted by Crippen LogP contribution is 2.40. The second-order valence-electron chi connectivity index (χ2n) is 4.89. The monoisotopic (exact) mass is 324 g/mol. The van der Waals surface area contributed by atoms with Crippen molar-refractivity contribution >= 4 is 11.8 Å². The van der Waals surface area contributed by atoms with Crippen LogP contribution in [0.4, 0.5) is 19.0 Å². The quantitative estimate of drug-likeness (QED) is 0.871. The summed E-state index contributed by atoms with van der Waals surface area (Å²) >= 11 is 0. The molecule has 0 aliphatic carbocycles. The van der Waals surface area contributed by atoms with Gasteiger partial charge in [-0.15, -0.1) is 0 Å². The van der Waals surface area contributed by atoms with Gasteiger partial charge in [0, 0.05) is 11.8 Å². The van der Waals surface area contributed by atoms with Gasteiger partial charge in [-0.25, -0.2) is 9.78 Å². The first-order valence-electron chi connectivity index (χ1n) is 6.85. The van der Waals surface area contributed by atoms with E-state index >= 15 is 0 Å². The number of alkyl halides is 3. The maximum Gasteiger partial charge on any atom is 0.418 e. The molecule has 0 saturated carbocycles. The second-order valence-corrected chi connectivity index (χ2v) is 4.89. The number of anilines is 1. The lowest BCUT2D eigenvalue weighted by Crippen LogP contribution is -2.19. The zero-order valence-electron chi connectivity index (χ0n) is 12.6. The molecule has 0 atom stereocenters. The van der Waals surface area contributed by atoms with Crippen molar-refractivity contribution in [3.63, 3.8) is 0 Å². The predicted octanol–water partition coefficient (Wildman–Crippen LogP) is 3.83. The van der Waals surface area contributed by atoms with Crippen LogP contribution < -0.4 is 5.73 Å². The van der Waals surface area contributed by atoms with Crippen LogP contribution in [0.1, 0.15) is 28.4 Å². The van der Waals surface area contributed by atoms with Gasteiger partial charge in [0.05, 0.1) is 12.2 Å². The number of esters is 1. The fourth-order valence-corrected chi connectivity index (χ4v) is 2.18. The molecule has 0 amide bonds. The average Bonchev–Trinajstić information content (AvgIpc) is 2.47. The minimum atomic E-state index is -4.78. The van der Waals surface area contributed by atoms with Crippen molar-refractivity contribution in [3.8, 4) is 11.1 Å². The third kappa shape index (κ3) is 3.44. The predicted molar refractivity (Wildman–Crippen MR) is 79.8 cm³/mol. The van der Waals surface area contributed by atoms with Gasteiger partial charge in [-0.1, -0.05) is 29.8 Å². The van der Waals surface area contributed by atoms with E-state index in [4.69, 9.17) is 10.5 Å². The molecule has 1 aromatic carbocycles. The van der Waals surface area contributed by atoms with Crippen molar-refractivity contribution in [2.45, 2.75) is 20.0 Å². The summed E-state index contributed by atoms with van der Waals surface area (Å²) in [5.74, 6) is -1.65. The summed E-state index contributed by atoms with van der Waals surface area (Å²) in [6.07, 6.45) is -3.76. The zero-order valence-corrected chi connectivity index (χ0v) is 12.6. The molecule has 0 saturated heterocycles. The van der Waals surface area contributed by atoms with Crippen LogP contribution in [0, 0.1) is 6.92 Å². The van der Waals surface area contributed by atoms with Gasteiger partial charge in [0.15, 0.2) is 0 Å². The Morgan fingerprint density at radius 3 is 2.39 bits per heavy atom. The van der Waals surface area contributed by atoms with Gasteiger partial charge in [0.2, 0.25) is 0 Å². The Hall–Kier alpha value is -2.57. The average molecular weight is 324 g/mol. The first-order valence-corrected chi connectivity index (χ1v) is 6.85. The van der Waals surface area contributed by atoms with Gasteiger partial charge in [-0.3, -0.25) is 0 Å². The maximum absolute atomic E-state index is 13.6. The zero-order chi connectivity index (χ0) is 17.2. The molecule has 0 spiro atoms. The number of nitrogen functional groups attached to an aromatic ring is 1. The molecule has 7 heteroatoms. The number of nitrogens with zero attached hydrogens (tertiary/aromatic N) is 1. The van der Waals surface area contributed by atoms with Gasteiger partial charge in [-0.05, 0) is 19.4 Å². The number of aromatic nitrogens is 1. The van der Waals surface area contributed by atoms with E-state index in [-0.39, 0.29) is 12.2 Å². The van der Waals surface area contributed by atoms with Gasteiger partial charge < -0.3 is 10.5 Å². The Kier molecular flexibility index (Phi) is 4.58. The first kappa shape index (κ1) is 16.8. The number of benzene rings is 1. The summed E-state index contributed by atoms with van der Waals surface area (Å²) in [6, 6.07) is 6.42. The Morgan fingerprint density at radius 1 is 1.26 bits per heavy atom. The third-order valence-corrected chi connectivity index (χ3v) is 3.23. The van der Waals surface area contributed by atoms with Crippen molar-refractivity contribution in [1.82, 2.24) is 4.98 Å². The molecule has 0 aliphatic rings. The Bertz CT molecular complexity index is 725. The number of pyridine rings is 1. The van der Waals surface area contributed by atoms with E-state index in [0.717, 1.165) is 11.8 Å². The first-order chi connectivity index (χ1) is 10.8. The number of ether oxygens (including phenoxy) is 1. The Morgan fingerprint density at radius 2 is 1.87 bits per heavy atom. The fourth-order valence-electron chi connectivity index (χ4n) is 2.18. The summed E-state index contributed by atoms with van der Waals surface area (Å²) < 4.78 is 45.4. The molecule has 0 fully saturated rings. The SMILES string of the molecule is CCOC(=O)c1c(N)ncc(-c2ccc(C)cc2)c1C(F)(F)F. The molecule has 0 bridgehead atoms. The molecule has 1 heterocycles. The van der Waals surface area contributed by atoms with Crippen molar-refractivity contribution in [3.05, 3.63) is 47.2 Å². The molecule has 0 radical (unpaired) electrons. The summed E-state index contributed by atoms with van der Waals surface area (Å²) in [6.45, 7) is 3.25. The lowest BCUT2D eigenvalue weighted by atomic mass is 9.96. The minimum Gasteiger partial charge on any atom is -0.462 e. The molecule has 122 valence electrons. The summed E-state index contributed by atoms with van der Waals surface area (Å²) in [7, 11) is 0. The van der Waals surface area contributed by atoms with Crippen LogP contribution in [0.2, 0.25) is 0 Å². The third-order valence-electron chi connectivity index (χ3n) is 3.23. The Balaban J connectivity index is 2.75. The topological polar surface area (TPSA) is 65.2 Å². The lowest BCUT2D eigenvalue weighted by molar-refractivity contribution is -0.137. The smallest absolute Gasteiger partial charge is 0.418 e. The van der Waals surface area contributed by atoms with E-state index in [1.54, 1.807) is 12.1 Å². The molecule has 2 N–H and O–H groups in total. The van der Waals surface area contributed by atoms with Crippen molar-refractivity contribution in [1.29, 1.82) is 0 Å².